The van der Waals surface area contributed by atoms with Crippen LogP contribution in [-0.2, 0) is 4.57 Å². The molecule has 0 fully saturated rings. The summed E-state index contributed by atoms with van der Waals surface area (Å²) < 4.78 is 11.7. The highest BCUT2D eigenvalue weighted by atomic mass is 31.1. The fourth-order valence-corrected chi connectivity index (χ4v) is 4.39. The number of carboxylic acid groups (broad SMARTS) is 1. The van der Waals surface area contributed by atoms with Crippen molar-refractivity contribution in [2.45, 2.75) is 50.4 Å². The van der Waals surface area contributed by atoms with Crippen LogP contribution in [0.3, 0.4) is 0 Å². The monoisotopic (exact) mass is 380 g/mol. The van der Waals surface area contributed by atoms with Crippen molar-refractivity contribution in [2.24, 2.45) is 5.92 Å². The number of carbonyl (C=O) groups is 1. The summed E-state index contributed by atoms with van der Waals surface area (Å²) in [6.45, 7) is 2.24. The van der Waals surface area contributed by atoms with Crippen molar-refractivity contribution < 1.29 is 24.5 Å². The van der Waals surface area contributed by atoms with Crippen LogP contribution in [0.4, 0.5) is 0 Å². The quantitative estimate of drug-likeness (QED) is 0.387. The molecule has 5 atom stereocenters. The van der Waals surface area contributed by atoms with Gasteiger partial charge in [0.15, 0.2) is 5.66 Å². The molecule has 0 aromatic heterocycles. The van der Waals surface area contributed by atoms with Crippen molar-refractivity contribution in [3.63, 3.8) is 0 Å². The van der Waals surface area contributed by atoms with Crippen LogP contribution < -0.4 is 5.32 Å². The molecule has 1 aliphatic carbocycles. The topological polar surface area (TPSA) is 107 Å². The lowest BCUT2D eigenvalue weighted by Gasteiger charge is -2.22. The standard InChI is InChI=1S/C19H26NO5P/c1-13(14-7-9-16(10-8-14)19(22)23)20-12-17(21)11-18(26(24)25)15-5-3-2-4-6-15/h2-3,7-10,13,15,17-18,20-21H,4-6,11-12H2,1H3,(H-,22,23,24,25)/p+1/t13-,15?,17-,18?/m0/s1. The van der Waals surface area contributed by atoms with Crippen molar-refractivity contribution in [3.05, 3.63) is 47.5 Å². The molecule has 0 saturated carbocycles. The molecule has 142 valence electrons. The van der Waals surface area contributed by atoms with E-state index in [1.54, 1.807) is 24.3 Å². The van der Waals surface area contributed by atoms with E-state index in [0.717, 1.165) is 24.8 Å². The first kappa shape index (κ1) is 20.7. The van der Waals surface area contributed by atoms with Crippen LogP contribution in [0.25, 0.3) is 0 Å². The molecule has 1 aromatic rings. The van der Waals surface area contributed by atoms with Gasteiger partial charge in [-0.05, 0) is 48.4 Å². The van der Waals surface area contributed by atoms with Crippen molar-refractivity contribution >= 4 is 14.0 Å². The predicted octanol–water partition coefficient (Wildman–Crippen LogP) is 3.25. The molecule has 6 nitrogen and oxygen atoms in total. The van der Waals surface area contributed by atoms with E-state index >= 15 is 0 Å². The number of nitrogens with one attached hydrogen (secondary N) is 1. The zero-order valence-corrected chi connectivity index (χ0v) is 15.8. The van der Waals surface area contributed by atoms with Crippen LogP contribution in [0.5, 0.6) is 0 Å². The minimum atomic E-state index is -2.33. The molecule has 0 bridgehead atoms. The maximum atomic E-state index is 11.7. The number of rotatable bonds is 9. The third-order valence-corrected chi connectivity index (χ3v) is 6.17. The third kappa shape index (κ3) is 5.99. The van der Waals surface area contributed by atoms with Gasteiger partial charge in [-0.25, -0.2) is 4.79 Å². The number of aromatic carboxylic acids is 1. The Morgan fingerprint density at radius 3 is 2.54 bits per heavy atom. The highest BCUT2D eigenvalue weighted by molar-refractivity contribution is 7.38. The zero-order chi connectivity index (χ0) is 19.1. The third-order valence-electron chi connectivity index (χ3n) is 4.97. The molecule has 0 heterocycles. The first-order valence-corrected chi connectivity index (χ1v) is 10.2. The number of carboxylic acids is 1. The van der Waals surface area contributed by atoms with Gasteiger partial charge in [-0.3, -0.25) is 0 Å². The second-order valence-electron chi connectivity index (χ2n) is 6.86. The lowest BCUT2D eigenvalue weighted by Crippen LogP contribution is -2.33. The molecule has 0 saturated heterocycles. The highest BCUT2D eigenvalue weighted by Crippen LogP contribution is 2.38. The Kier molecular flexibility index (Phi) is 7.91. The van der Waals surface area contributed by atoms with Crippen molar-refractivity contribution in [2.75, 3.05) is 6.54 Å². The minimum Gasteiger partial charge on any atom is -0.478 e. The number of benzene rings is 1. The number of aliphatic hydroxyl groups excluding tert-OH is 1. The SMILES string of the molecule is C[C@H](NC[C@@H](O)CC(C1CC=CCC1)[P+](=O)O)c1ccc(C(=O)O)cc1. The normalized spacial score (nSPS) is 21.0. The van der Waals surface area contributed by atoms with Gasteiger partial charge < -0.3 is 15.5 Å². The van der Waals surface area contributed by atoms with E-state index < -0.39 is 25.8 Å². The average Bonchev–Trinajstić information content (AvgIpc) is 2.64. The van der Waals surface area contributed by atoms with E-state index in [0.29, 0.717) is 13.0 Å². The summed E-state index contributed by atoms with van der Waals surface area (Å²) >= 11 is 0. The van der Waals surface area contributed by atoms with Gasteiger partial charge in [0.25, 0.3) is 0 Å². The summed E-state index contributed by atoms with van der Waals surface area (Å²) in [6.07, 6.45) is 6.32. The Bertz CT molecular complexity index is 646. The van der Waals surface area contributed by atoms with E-state index in [1.165, 1.54) is 0 Å². The van der Waals surface area contributed by atoms with E-state index in [1.807, 2.05) is 13.0 Å². The first-order valence-electron chi connectivity index (χ1n) is 8.93. The molecule has 0 aliphatic heterocycles. The second kappa shape index (κ2) is 9.93. The van der Waals surface area contributed by atoms with Gasteiger partial charge in [0.2, 0.25) is 0 Å². The van der Waals surface area contributed by atoms with Gasteiger partial charge >= 0.3 is 14.0 Å². The number of allylic oxidation sites excluding steroid dienone is 2. The van der Waals surface area contributed by atoms with E-state index in [2.05, 4.69) is 11.4 Å². The van der Waals surface area contributed by atoms with Gasteiger partial charge in [0, 0.05) is 24.9 Å². The van der Waals surface area contributed by atoms with Crippen LogP contribution in [-0.4, -0.2) is 39.4 Å². The van der Waals surface area contributed by atoms with Gasteiger partial charge in [-0.15, -0.1) is 0 Å². The molecule has 3 unspecified atom stereocenters. The van der Waals surface area contributed by atoms with Crippen LogP contribution in [0, 0.1) is 5.92 Å². The fourth-order valence-electron chi connectivity index (χ4n) is 3.34. The number of hydrogen-bond donors (Lipinski definition) is 4. The summed E-state index contributed by atoms with van der Waals surface area (Å²) in [5.41, 5.74) is 0.762. The molecule has 0 amide bonds. The largest absolute Gasteiger partial charge is 0.509 e. The summed E-state index contributed by atoms with van der Waals surface area (Å²) in [7, 11) is -2.33. The predicted molar refractivity (Wildman–Crippen MR) is 101 cm³/mol. The minimum absolute atomic E-state index is 0.0635. The van der Waals surface area contributed by atoms with Crippen LogP contribution in [0.2, 0.25) is 0 Å². The summed E-state index contributed by atoms with van der Waals surface area (Å²) in [5, 5.41) is 22.4. The Morgan fingerprint density at radius 1 is 1.31 bits per heavy atom. The summed E-state index contributed by atoms with van der Waals surface area (Å²) in [5.74, 6) is -0.821. The molecule has 0 spiro atoms. The van der Waals surface area contributed by atoms with Gasteiger partial charge in [0.05, 0.1) is 11.7 Å². The molecular formula is C19H27NO5P+. The van der Waals surface area contributed by atoms with Crippen molar-refractivity contribution in [1.29, 1.82) is 0 Å². The maximum Gasteiger partial charge on any atom is 0.509 e. The molecule has 2 rings (SSSR count). The lowest BCUT2D eigenvalue weighted by atomic mass is 9.88. The Morgan fingerprint density at radius 2 is 2.00 bits per heavy atom. The molecule has 1 aliphatic rings. The number of aliphatic hydroxyl groups is 1. The Labute approximate surface area is 154 Å². The zero-order valence-electron chi connectivity index (χ0n) is 14.9. The van der Waals surface area contributed by atoms with Gasteiger partial charge in [0.1, 0.15) is 0 Å². The summed E-state index contributed by atoms with van der Waals surface area (Å²) in [6, 6.07) is 6.53. The molecule has 26 heavy (non-hydrogen) atoms. The van der Waals surface area contributed by atoms with Gasteiger partial charge in [-0.1, -0.05) is 24.3 Å². The molecule has 1 aromatic carbocycles. The molecule has 7 heteroatoms. The summed E-state index contributed by atoms with van der Waals surface area (Å²) in [4.78, 5) is 20.5. The fraction of sp³-hybridized carbons (Fsp3) is 0.526. The second-order valence-corrected chi connectivity index (χ2v) is 8.13. The lowest BCUT2D eigenvalue weighted by molar-refractivity contribution is 0.0697. The van der Waals surface area contributed by atoms with Crippen molar-refractivity contribution in [1.82, 2.24) is 5.32 Å². The molecule has 4 N–H and O–H groups in total. The molecule has 0 radical (unpaired) electrons. The van der Waals surface area contributed by atoms with Crippen molar-refractivity contribution in [3.8, 4) is 0 Å². The highest BCUT2D eigenvalue weighted by Gasteiger charge is 2.38. The molecular weight excluding hydrogens is 353 g/mol. The average molecular weight is 380 g/mol. The maximum absolute atomic E-state index is 11.7. The van der Waals surface area contributed by atoms with E-state index in [9.17, 15) is 19.4 Å². The van der Waals surface area contributed by atoms with Gasteiger partial charge in [-0.2, -0.15) is 4.89 Å². The van der Waals surface area contributed by atoms with Crippen LogP contribution in [0.15, 0.2) is 36.4 Å². The van der Waals surface area contributed by atoms with E-state index in [-0.39, 0.29) is 17.5 Å². The van der Waals surface area contributed by atoms with Crippen LogP contribution in [0.1, 0.15) is 54.6 Å². The number of hydrogen-bond acceptors (Lipinski definition) is 4. The Hall–Kier alpha value is -1.59. The van der Waals surface area contributed by atoms with E-state index in [4.69, 9.17) is 5.11 Å². The smallest absolute Gasteiger partial charge is 0.478 e. The Balaban J connectivity index is 1.86. The van der Waals surface area contributed by atoms with Crippen LogP contribution >= 0.6 is 8.03 Å². The first-order chi connectivity index (χ1) is 12.4.